The number of amides is 1. The van der Waals surface area contributed by atoms with E-state index in [1.807, 2.05) is 12.1 Å². The Balaban J connectivity index is 1.82. The number of aromatic nitrogens is 2. The van der Waals surface area contributed by atoms with E-state index in [4.69, 9.17) is 18.9 Å². The SMILES string of the molecule is COc1ccc(OC)c(CNC(=O)c2cn[nH]c2-c2ccc(OC)c(OC)c2)c1. The Morgan fingerprint density at radius 1 is 0.931 bits per heavy atom. The molecule has 8 nitrogen and oxygen atoms in total. The van der Waals surface area contributed by atoms with Gasteiger partial charge in [-0.1, -0.05) is 0 Å². The van der Waals surface area contributed by atoms with E-state index in [0.717, 1.165) is 11.1 Å². The summed E-state index contributed by atoms with van der Waals surface area (Å²) in [7, 11) is 6.30. The Kier molecular flexibility index (Phi) is 6.23. The predicted octanol–water partition coefficient (Wildman–Crippen LogP) is 3.04. The lowest BCUT2D eigenvalue weighted by atomic mass is 10.1. The molecule has 0 spiro atoms. The van der Waals surface area contributed by atoms with E-state index in [0.29, 0.717) is 34.3 Å². The molecule has 3 aromatic rings. The number of carbonyl (C=O) groups excluding carboxylic acids is 1. The van der Waals surface area contributed by atoms with Crippen LogP contribution in [0.25, 0.3) is 11.3 Å². The second kappa shape index (κ2) is 9.01. The molecule has 1 aromatic heterocycles. The van der Waals surface area contributed by atoms with Gasteiger partial charge < -0.3 is 24.3 Å². The quantitative estimate of drug-likeness (QED) is 0.607. The van der Waals surface area contributed by atoms with Crippen LogP contribution >= 0.6 is 0 Å². The summed E-state index contributed by atoms with van der Waals surface area (Å²) in [6, 6.07) is 10.8. The van der Waals surface area contributed by atoms with Crippen molar-refractivity contribution in [3.05, 3.63) is 53.7 Å². The molecule has 0 radical (unpaired) electrons. The van der Waals surface area contributed by atoms with Crippen LogP contribution in [-0.4, -0.2) is 44.5 Å². The van der Waals surface area contributed by atoms with Gasteiger partial charge >= 0.3 is 0 Å². The minimum atomic E-state index is -0.270. The second-order valence-corrected chi connectivity index (χ2v) is 6.09. The molecule has 3 rings (SSSR count). The summed E-state index contributed by atoms with van der Waals surface area (Å²) in [5.74, 6) is 2.25. The van der Waals surface area contributed by atoms with Crippen molar-refractivity contribution in [3.63, 3.8) is 0 Å². The van der Waals surface area contributed by atoms with Crippen LogP contribution in [-0.2, 0) is 6.54 Å². The molecule has 0 aliphatic rings. The zero-order valence-electron chi connectivity index (χ0n) is 16.7. The maximum Gasteiger partial charge on any atom is 0.255 e. The van der Waals surface area contributed by atoms with E-state index < -0.39 is 0 Å². The monoisotopic (exact) mass is 397 g/mol. The molecule has 0 aliphatic carbocycles. The maximum absolute atomic E-state index is 12.8. The van der Waals surface area contributed by atoms with Gasteiger partial charge in [-0.15, -0.1) is 0 Å². The van der Waals surface area contributed by atoms with E-state index in [2.05, 4.69) is 15.5 Å². The lowest BCUT2D eigenvalue weighted by Crippen LogP contribution is -2.23. The number of nitrogens with zero attached hydrogens (tertiary/aromatic N) is 1. The van der Waals surface area contributed by atoms with Crippen molar-refractivity contribution >= 4 is 5.91 Å². The summed E-state index contributed by atoms with van der Waals surface area (Å²) in [5.41, 5.74) is 2.56. The predicted molar refractivity (Wildman–Crippen MR) is 108 cm³/mol. The molecular formula is C21H23N3O5. The molecule has 1 heterocycles. The van der Waals surface area contributed by atoms with Gasteiger partial charge in [-0.25, -0.2) is 0 Å². The fourth-order valence-electron chi connectivity index (χ4n) is 2.96. The van der Waals surface area contributed by atoms with Gasteiger partial charge in [0, 0.05) is 17.7 Å². The molecule has 0 bridgehead atoms. The normalized spacial score (nSPS) is 10.3. The lowest BCUT2D eigenvalue weighted by molar-refractivity contribution is 0.0951. The van der Waals surface area contributed by atoms with Crippen LogP contribution in [0.3, 0.4) is 0 Å². The minimum absolute atomic E-state index is 0.270. The van der Waals surface area contributed by atoms with Crippen LogP contribution in [0.15, 0.2) is 42.6 Å². The highest BCUT2D eigenvalue weighted by Gasteiger charge is 2.17. The minimum Gasteiger partial charge on any atom is -0.497 e. The molecule has 152 valence electrons. The first-order chi connectivity index (χ1) is 14.1. The van der Waals surface area contributed by atoms with E-state index >= 15 is 0 Å². The fourth-order valence-corrected chi connectivity index (χ4v) is 2.96. The number of hydrogen-bond donors (Lipinski definition) is 2. The molecule has 2 N–H and O–H groups in total. The Labute approximate surface area is 168 Å². The fraction of sp³-hybridized carbons (Fsp3) is 0.238. The summed E-state index contributed by atoms with van der Waals surface area (Å²) in [5, 5.41) is 9.81. The topological polar surface area (TPSA) is 94.7 Å². The average Bonchev–Trinajstić information content (AvgIpc) is 3.26. The van der Waals surface area contributed by atoms with E-state index in [-0.39, 0.29) is 12.5 Å². The highest BCUT2D eigenvalue weighted by Crippen LogP contribution is 2.32. The largest absolute Gasteiger partial charge is 0.497 e. The molecule has 0 aliphatic heterocycles. The molecule has 29 heavy (non-hydrogen) atoms. The molecular weight excluding hydrogens is 374 g/mol. The number of nitrogens with one attached hydrogen (secondary N) is 2. The average molecular weight is 397 g/mol. The first-order valence-electron chi connectivity index (χ1n) is 8.86. The lowest BCUT2D eigenvalue weighted by Gasteiger charge is -2.12. The number of benzene rings is 2. The smallest absolute Gasteiger partial charge is 0.255 e. The number of rotatable bonds is 8. The van der Waals surface area contributed by atoms with Crippen molar-refractivity contribution in [1.82, 2.24) is 15.5 Å². The summed E-state index contributed by atoms with van der Waals surface area (Å²) in [6.07, 6.45) is 1.49. The van der Waals surface area contributed by atoms with Gasteiger partial charge in [0.2, 0.25) is 0 Å². The second-order valence-electron chi connectivity index (χ2n) is 6.09. The number of ether oxygens (including phenoxy) is 4. The van der Waals surface area contributed by atoms with Crippen molar-refractivity contribution in [2.45, 2.75) is 6.54 Å². The van der Waals surface area contributed by atoms with Crippen molar-refractivity contribution in [2.24, 2.45) is 0 Å². The van der Waals surface area contributed by atoms with Crippen LogP contribution in [0.1, 0.15) is 15.9 Å². The summed E-state index contributed by atoms with van der Waals surface area (Å²) < 4.78 is 21.2. The summed E-state index contributed by atoms with van der Waals surface area (Å²) in [6.45, 7) is 0.274. The third-order valence-electron chi connectivity index (χ3n) is 4.48. The van der Waals surface area contributed by atoms with Gasteiger partial charge in [0.15, 0.2) is 11.5 Å². The molecule has 1 amide bonds. The standard InChI is InChI=1S/C21H23N3O5/c1-26-15-6-8-17(27-2)14(9-15)11-22-21(25)16-12-23-24-20(16)13-5-7-18(28-3)19(10-13)29-4/h5-10,12H,11H2,1-4H3,(H,22,25)(H,23,24). The number of hydrogen-bond acceptors (Lipinski definition) is 6. The zero-order chi connectivity index (χ0) is 20.8. The number of methoxy groups -OCH3 is 4. The molecule has 0 atom stereocenters. The van der Waals surface area contributed by atoms with Gasteiger partial charge in [0.05, 0.1) is 45.9 Å². The van der Waals surface area contributed by atoms with Gasteiger partial charge in [-0.3, -0.25) is 9.89 Å². The highest BCUT2D eigenvalue weighted by atomic mass is 16.5. The van der Waals surface area contributed by atoms with Gasteiger partial charge in [-0.05, 0) is 36.4 Å². The maximum atomic E-state index is 12.8. The van der Waals surface area contributed by atoms with Gasteiger partial charge in [0.25, 0.3) is 5.91 Å². The molecule has 0 unspecified atom stereocenters. The Bertz CT molecular complexity index is 1000. The third kappa shape index (κ3) is 4.26. The zero-order valence-corrected chi connectivity index (χ0v) is 16.7. The molecule has 2 aromatic carbocycles. The number of H-pyrrole nitrogens is 1. The molecule has 0 saturated carbocycles. The molecule has 8 heteroatoms. The number of aromatic amines is 1. The first kappa shape index (κ1) is 20.1. The van der Waals surface area contributed by atoms with E-state index in [9.17, 15) is 4.79 Å². The van der Waals surface area contributed by atoms with Crippen molar-refractivity contribution in [1.29, 1.82) is 0 Å². The summed E-state index contributed by atoms with van der Waals surface area (Å²) in [4.78, 5) is 12.8. The molecule has 0 saturated heterocycles. The first-order valence-corrected chi connectivity index (χ1v) is 8.86. The van der Waals surface area contributed by atoms with E-state index in [1.54, 1.807) is 52.7 Å². The number of carbonyl (C=O) groups is 1. The van der Waals surface area contributed by atoms with Crippen LogP contribution in [0.5, 0.6) is 23.0 Å². The van der Waals surface area contributed by atoms with Crippen LogP contribution in [0.4, 0.5) is 0 Å². The molecule has 0 fully saturated rings. The van der Waals surface area contributed by atoms with Crippen molar-refractivity contribution in [3.8, 4) is 34.3 Å². The van der Waals surface area contributed by atoms with Crippen molar-refractivity contribution < 1.29 is 23.7 Å². The van der Waals surface area contributed by atoms with Gasteiger partial charge in [-0.2, -0.15) is 5.10 Å². The van der Waals surface area contributed by atoms with Crippen LogP contribution < -0.4 is 24.3 Å². The third-order valence-corrected chi connectivity index (χ3v) is 4.48. The van der Waals surface area contributed by atoms with Crippen molar-refractivity contribution in [2.75, 3.05) is 28.4 Å². The Hall–Kier alpha value is -3.68. The Morgan fingerprint density at radius 3 is 2.34 bits per heavy atom. The van der Waals surface area contributed by atoms with Gasteiger partial charge in [0.1, 0.15) is 11.5 Å². The van der Waals surface area contributed by atoms with Crippen LogP contribution in [0.2, 0.25) is 0 Å². The van der Waals surface area contributed by atoms with Crippen LogP contribution in [0, 0.1) is 0 Å². The summed E-state index contributed by atoms with van der Waals surface area (Å²) >= 11 is 0. The highest BCUT2D eigenvalue weighted by molar-refractivity contribution is 5.99. The Morgan fingerprint density at radius 2 is 1.66 bits per heavy atom. The van der Waals surface area contributed by atoms with E-state index in [1.165, 1.54) is 6.20 Å².